The summed E-state index contributed by atoms with van der Waals surface area (Å²) in [5.74, 6) is 1.80. The molecule has 0 aliphatic heterocycles. The molecule has 100 valence electrons. The van der Waals surface area contributed by atoms with E-state index in [0.717, 1.165) is 11.6 Å². The molecular formula is C13H19ClN2OS. The van der Waals surface area contributed by atoms with Crippen molar-refractivity contribution in [3.05, 3.63) is 16.1 Å². The average molecular weight is 287 g/mol. The van der Waals surface area contributed by atoms with Crippen LogP contribution in [0.1, 0.15) is 40.4 Å². The zero-order chi connectivity index (χ0) is 13.0. The number of thiazole rings is 1. The zero-order valence-electron chi connectivity index (χ0n) is 10.6. The van der Waals surface area contributed by atoms with Gasteiger partial charge in [0.2, 0.25) is 0 Å². The average Bonchev–Trinajstić information content (AvgIpc) is 2.83. The minimum absolute atomic E-state index is 0.000467. The highest BCUT2D eigenvalue weighted by molar-refractivity contribution is 7.13. The number of halogens is 1. The highest BCUT2D eigenvalue weighted by atomic mass is 35.5. The lowest BCUT2D eigenvalue weighted by Gasteiger charge is -2.30. The summed E-state index contributed by atoms with van der Waals surface area (Å²) >= 11 is 7.43. The molecule has 1 fully saturated rings. The van der Waals surface area contributed by atoms with Gasteiger partial charge in [-0.3, -0.25) is 4.79 Å². The minimum atomic E-state index is -0.000467. The number of nitrogens with zero attached hydrogens (tertiary/aromatic N) is 1. The first-order chi connectivity index (χ1) is 8.70. The van der Waals surface area contributed by atoms with Gasteiger partial charge in [-0.1, -0.05) is 12.8 Å². The SMILES string of the molecule is Cc1ncc(C(=O)NCC2CCCCC2CCl)s1. The van der Waals surface area contributed by atoms with Gasteiger partial charge in [-0.05, 0) is 31.6 Å². The fourth-order valence-corrected chi connectivity index (χ4v) is 3.63. The Balaban J connectivity index is 1.85. The van der Waals surface area contributed by atoms with E-state index in [4.69, 9.17) is 11.6 Å². The summed E-state index contributed by atoms with van der Waals surface area (Å²) in [5, 5.41) is 3.95. The quantitative estimate of drug-likeness (QED) is 0.864. The van der Waals surface area contributed by atoms with Crippen LogP contribution in [-0.2, 0) is 0 Å². The summed E-state index contributed by atoms with van der Waals surface area (Å²) in [4.78, 5) is 16.7. The van der Waals surface area contributed by atoms with Crippen molar-refractivity contribution in [2.24, 2.45) is 11.8 Å². The van der Waals surface area contributed by atoms with E-state index in [1.807, 2.05) is 6.92 Å². The van der Waals surface area contributed by atoms with E-state index in [1.54, 1.807) is 6.20 Å². The number of carbonyl (C=O) groups excluding carboxylic acids is 1. The Morgan fingerprint density at radius 2 is 2.22 bits per heavy atom. The summed E-state index contributed by atoms with van der Waals surface area (Å²) in [7, 11) is 0. The van der Waals surface area contributed by atoms with Crippen molar-refractivity contribution < 1.29 is 4.79 Å². The Hall–Kier alpha value is -0.610. The molecule has 1 heterocycles. The predicted octanol–water partition coefficient (Wildman–Crippen LogP) is 3.23. The van der Waals surface area contributed by atoms with Crippen molar-refractivity contribution >= 4 is 28.8 Å². The molecule has 1 aromatic heterocycles. The summed E-state index contributed by atoms with van der Waals surface area (Å²) < 4.78 is 0. The number of hydrogen-bond donors (Lipinski definition) is 1. The fraction of sp³-hybridized carbons (Fsp3) is 0.692. The zero-order valence-corrected chi connectivity index (χ0v) is 12.2. The van der Waals surface area contributed by atoms with Gasteiger partial charge in [0.1, 0.15) is 4.88 Å². The summed E-state index contributed by atoms with van der Waals surface area (Å²) in [6.07, 6.45) is 6.56. The van der Waals surface area contributed by atoms with Gasteiger partial charge < -0.3 is 5.32 Å². The number of carbonyl (C=O) groups is 1. The number of hydrogen-bond acceptors (Lipinski definition) is 3. The maximum absolute atomic E-state index is 11.9. The van der Waals surface area contributed by atoms with Crippen molar-refractivity contribution in [1.82, 2.24) is 10.3 Å². The Morgan fingerprint density at radius 1 is 1.50 bits per heavy atom. The molecule has 0 aromatic carbocycles. The molecule has 18 heavy (non-hydrogen) atoms. The van der Waals surface area contributed by atoms with Crippen LogP contribution >= 0.6 is 22.9 Å². The topological polar surface area (TPSA) is 42.0 Å². The molecule has 0 bridgehead atoms. The molecule has 1 aliphatic carbocycles. The molecule has 1 amide bonds. The van der Waals surface area contributed by atoms with E-state index in [2.05, 4.69) is 10.3 Å². The van der Waals surface area contributed by atoms with Crippen LogP contribution < -0.4 is 5.32 Å². The van der Waals surface area contributed by atoms with Gasteiger partial charge in [0.15, 0.2) is 0 Å². The lowest BCUT2D eigenvalue weighted by molar-refractivity contribution is 0.0940. The largest absolute Gasteiger partial charge is 0.351 e. The first-order valence-electron chi connectivity index (χ1n) is 6.47. The molecular weight excluding hydrogens is 268 g/mol. The van der Waals surface area contributed by atoms with Crippen LogP contribution in [0, 0.1) is 18.8 Å². The van der Waals surface area contributed by atoms with Crippen LogP contribution in [0.2, 0.25) is 0 Å². The third kappa shape index (κ3) is 3.45. The minimum Gasteiger partial charge on any atom is -0.351 e. The molecule has 1 aromatic rings. The van der Waals surface area contributed by atoms with Crippen molar-refractivity contribution in [1.29, 1.82) is 0 Å². The van der Waals surface area contributed by atoms with E-state index in [1.165, 1.54) is 37.0 Å². The van der Waals surface area contributed by atoms with Crippen LogP contribution in [0.5, 0.6) is 0 Å². The molecule has 0 spiro atoms. The maximum Gasteiger partial charge on any atom is 0.263 e. The molecule has 1 saturated carbocycles. The van der Waals surface area contributed by atoms with Crippen LogP contribution in [0.15, 0.2) is 6.20 Å². The predicted molar refractivity (Wildman–Crippen MR) is 75.4 cm³/mol. The number of amides is 1. The molecule has 2 rings (SSSR count). The standard InChI is InChI=1S/C13H19ClN2OS/c1-9-15-8-12(18-9)13(17)16-7-11-5-3-2-4-10(11)6-14/h8,10-11H,2-7H2,1H3,(H,16,17). The van der Waals surface area contributed by atoms with E-state index >= 15 is 0 Å². The summed E-state index contributed by atoms with van der Waals surface area (Å²) in [6.45, 7) is 2.65. The second kappa shape index (κ2) is 6.53. The molecule has 2 unspecified atom stereocenters. The normalized spacial score (nSPS) is 23.9. The summed E-state index contributed by atoms with van der Waals surface area (Å²) in [5.41, 5.74) is 0. The highest BCUT2D eigenvalue weighted by Gasteiger charge is 2.24. The van der Waals surface area contributed by atoms with Crippen LogP contribution in [-0.4, -0.2) is 23.3 Å². The van der Waals surface area contributed by atoms with Crippen molar-refractivity contribution in [2.45, 2.75) is 32.6 Å². The number of nitrogens with one attached hydrogen (secondary N) is 1. The van der Waals surface area contributed by atoms with Gasteiger partial charge in [-0.2, -0.15) is 0 Å². The second-order valence-electron chi connectivity index (χ2n) is 4.91. The molecule has 1 aliphatic rings. The molecule has 0 saturated heterocycles. The monoisotopic (exact) mass is 286 g/mol. The Labute approximate surface area is 117 Å². The van der Waals surface area contributed by atoms with Crippen LogP contribution in [0.3, 0.4) is 0 Å². The smallest absolute Gasteiger partial charge is 0.263 e. The Bertz CT molecular complexity index is 407. The van der Waals surface area contributed by atoms with E-state index in [-0.39, 0.29) is 5.91 Å². The first kappa shape index (κ1) is 13.8. The van der Waals surface area contributed by atoms with Gasteiger partial charge in [-0.15, -0.1) is 22.9 Å². The van der Waals surface area contributed by atoms with Gasteiger partial charge in [0.25, 0.3) is 5.91 Å². The molecule has 0 radical (unpaired) electrons. The molecule has 5 heteroatoms. The lowest BCUT2D eigenvalue weighted by Crippen LogP contribution is -2.34. The van der Waals surface area contributed by atoms with Crippen LogP contribution in [0.25, 0.3) is 0 Å². The second-order valence-corrected chi connectivity index (χ2v) is 6.46. The third-order valence-corrected chi connectivity index (χ3v) is 4.94. The molecule has 3 nitrogen and oxygen atoms in total. The van der Waals surface area contributed by atoms with Gasteiger partial charge in [0.05, 0.1) is 11.2 Å². The lowest BCUT2D eigenvalue weighted by atomic mass is 9.80. The number of rotatable bonds is 4. The molecule has 2 atom stereocenters. The van der Waals surface area contributed by atoms with Crippen molar-refractivity contribution in [3.8, 4) is 0 Å². The summed E-state index contributed by atoms with van der Waals surface area (Å²) in [6, 6.07) is 0. The van der Waals surface area contributed by atoms with Gasteiger partial charge in [0, 0.05) is 12.4 Å². The third-order valence-electron chi connectivity index (χ3n) is 3.63. The Kier molecular flexibility index (Phi) is 5.01. The Morgan fingerprint density at radius 3 is 2.83 bits per heavy atom. The highest BCUT2D eigenvalue weighted by Crippen LogP contribution is 2.30. The van der Waals surface area contributed by atoms with Crippen LogP contribution in [0.4, 0.5) is 0 Å². The molecule has 1 N–H and O–H groups in total. The van der Waals surface area contributed by atoms with Gasteiger partial charge in [-0.25, -0.2) is 4.98 Å². The first-order valence-corrected chi connectivity index (χ1v) is 7.82. The number of aryl methyl sites for hydroxylation is 1. The van der Waals surface area contributed by atoms with E-state index in [0.29, 0.717) is 22.6 Å². The van der Waals surface area contributed by atoms with E-state index < -0.39 is 0 Å². The van der Waals surface area contributed by atoms with Gasteiger partial charge >= 0.3 is 0 Å². The van der Waals surface area contributed by atoms with E-state index in [9.17, 15) is 4.79 Å². The number of alkyl halides is 1. The fourth-order valence-electron chi connectivity index (χ4n) is 2.53. The van der Waals surface area contributed by atoms with Crippen molar-refractivity contribution in [2.75, 3.05) is 12.4 Å². The number of aromatic nitrogens is 1. The maximum atomic E-state index is 11.9. The van der Waals surface area contributed by atoms with Crippen molar-refractivity contribution in [3.63, 3.8) is 0 Å².